The quantitative estimate of drug-likeness (QED) is 0.868. The number of anilines is 2. The van der Waals surface area contributed by atoms with E-state index in [0.717, 1.165) is 23.1 Å². The van der Waals surface area contributed by atoms with Gasteiger partial charge in [-0.2, -0.15) is 0 Å². The number of nitrogens with zero attached hydrogens (tertiary/aromatic N) is 2. The number of hydrogen-bond acceptors (Lipinski definition) is 5. The number of pyridine rings is 1. The summed E-state index contributed by atoms with van der Waals surface area (Å²) in [6.45, 7) is 7.17. The average molecular weight is 262 g/mol. The second-order valence-corrected chi connectivity index (χ2v) is 5.44. The second kappa shape index (κ2) is 5.35. The first kappa shape index (κ1) is 12.8. The molecule has 0 aliphatic rings. The molecule has 2 N–H and O–H groups in total. The average Bonchev–Trinajstić information content (AvgIpc) is 2.83. The summed E-state index contributed by atoms with van der Waals surface area (Å²) in [5.74, 6) is 0.887. The smallest absolute Gasteiger partial charge is 0.127 e. The fourth-order valence-corrected chi connectivity index (χ4v) is 2.45. The molecule has 2 aromatic rings. The highest BCUT2D eigenvalue weighted by Crippen LogP contribution is 2.27. The summed E-state index contributed by atoms with van der Waals surface area (Å²) in [6.07, 6.45) is 3.64. The maximum absolute atomic E-state index is 4.37. The molecule has 0 saturated carbocycles. The predicted molar refractivity (Wildman–Crippen MR) is 77.2 cm³/mol. The normalized spacial score (nSPS) is 11.3. The van der Waals surface area contributed by atoms with E-state index >= 15 is 0 Å². The van der Waals surface area contributed by atoms with Crippen molar-refractivity contribution in [2.24, 2.45) is 0 Å². The Balaban J connectivity index is 2.16. The van der Waals surface area contributed by atoms with E-state index in [0.29, 0.717) is 0 Å². The van der Waals surface area contributed by atoms with Crippen LogP contribution in [-0.2, 0) is 5.54 Å². The Morgan fingerprint density at radius 1 is 1.28 bits per heavy atom. The first-order valence-electron chi connectivity index (χ1n) is 6.00. The van der Waals surface area contributed by atoms with Crippen LogP contribution >= 0.6 is 11.3 Å². The van der Waals surface area contributed by atoms with Crippen molar-refractivity contribution >= 4 is 22.8 Å². The van der Waals surface area contributed by atoms with Gasteiger partial charge in [0, 0.05) is 36.1 Å². The zero-order valence-corrected chi connectivity index (χ0v) is 11.7. The molecule has 18 heavy (non-hydrogen) atoms. The molecule has 0 amide bonds. The van der Waals surface area contributed by atoms with Gasteiger partial charge in [0.15, 0.2) is 0 Å². The third kappa shape index (κ3) is 2.98. The van der Waals surface area contributed by atoms with E-state index in [2.05, 4.69) is 41.4 Å². The summed E-state index contributed by atoms with van der Waals surface area (Å²) in [4.78, 5) is 8.63. The van der Waals surface area contributed by atoms with Gasteiger partial charge in [0.05, 0.1) is 5.54 Å². The van der Waals surface area contributed by atoms with Gasteiger partial charge in [-0.25, -0.2) is 9.97 Å². The minimum Gasteiger partial charge on any atom is -0.374 e. The molecule has 0 unspecified atom stereocenters. The molecular weight excluding hydrogens is 244 g/mol. The highest BCUT2D eigenvalue weighted by Gasteiger charge is 2.22. The van der Waals surface area contributed by atoms with E-state index in [1.54, 1.807) is 17.5 Å². The van der Waals surface area contributed by atoms with Crippen molar-refractivity contribution in [1.29, 1.82) is 0 Å². The summed E-state index contributed by atoms with van der Waals surface area (Å²) >= 11 is 1.66. The molecule has 0 spiro atoms. The van der Waals surface area contributed by atoms with E-state index in [1.165, 1.54) is 0 Å². The van der Waals surface area contributed by atoms with E-state index < -0.39 is 0 Å². The van der Waals surface area contributed by atoms with Crippen molar-refractivity contribution in [3.05, 3.63) is 34.9 Å². The molecule has 2 rings (SSSR count). The predicted octanol–water partition coefficient (Wildman–Crippen LogP) is 3.32. The molecule has 2 aromatic heterocycles. The van der Waals surface area contributed by atoms with E-state index in [1.807, 2.05) is 23.7 Å². The molecule has 4 nitrogen and oxygen atoms in total. The van der Waals surface area contributed by atoms with Crippen molar-refractivity contribution in [1.82, 2.24) is 9.97 Å². The Morgan fingerprint density at radius 2 is 2.11 bits per heavy atom. The summed E-state index contributed by atoms with van der Waals surface area (Å²) in [7, 11) is 0. The maximum atomic E-state index is 4.37. The fourth-order valence-electron chi connectivity index (χ4n) is 1.73. The van der Waals surface area contributed by atoms with E-state index in [9.17, 15) is 0 Å². The van der Waals surface area contributed by atoms with Crippen molar-refractivity contribution in [2.75, 3.05) is 17.2 Å². The first-order chi connectivity index (χ1) is 8.62. The van der Waals surface area contributed by atoms with Gasteiger partial charge in [-0.3, -0.25) is 0 Å². The van der Waals surface area contributed by atoms with Crippen molar-refractivity contribution in [3.63, 3.8) is 0 Å². The van der Waals surface area contributed by atoms with Crippen LogP contribution in [0.4, 0.5) is 11.5 Å². The molecule has 0 bridgehead atoms. The van der Waals surface area contributed by atoms with Crippen LogP contribution in [-0.4, -0.2) is 16.5 Å². The molecule has 0 aliphatic carbocycles. The minimum absolute atomic E-state index is 0.182. The van der Waals surface area contributed by atoms with Gasteiger partial charge >= 0.3 is 0 Å². The fraction of sp³-hybridized carbons (Fsp3) is 0.385. The minimum atomic E-state index is -0.182. The molecule has 0 aromatic carbocycles. The molecule has 0 radical (unpaired) electrons. The standard InChI is InChI=1S/C13H18N4S/c1-4-14-11-9-10(5-6-15-11)17-13(2,3)12-16-7-8-18-12/h5-9H,4H2,1-3H3,(H2,14,15,17). The monoisotopic (exact) mass is 262 g/mol. The SMILES string of the molecule is CCNc1cc(NC(C)(C)c2nccs2)ccn1. The summed E-state index contributed by atoms with van der Waals surface area (Å²) in [6, 6.07) is 3.98. The van der Waals surface area contributed by atoms with Gasteiger partial charge in [-0.15, -0.1) is 11.3 Å². The second-order valence-electron chi connectivity index (χ2n) is 4.55. The third-order valence-corrected chi connectivity index (χ3v) is 3.64. The highest BCUT2D eigenvalue weighted by molar-refractivity contribution is 7.09. The maximum Gasteiger partial charge on any atom is 0.127 e. The van der Waals surface area contributed by atoms with Gasteiger partial charge in [-0.1, -0.05) is 0 Å². The van der Waals surface area contributed by atoms with E-state index in [4.69, 9.17) is 0 Å². The zero-order valence-electron chi connectivity index (χ0n) is 10.9. The summed E-state index contributed by atoms with van der Waals surface area (Å²) in [5, 5.41) is 9.76. The lowest BCUT2D eigenvalue weighted by molar-refractivity contribution is 0.604. The third-order valence-electron chi connectivity index (χ3n) is 2.54. The molecule has 0 atom stereocenters. The van der Waals surface area contributed by atoms with Crippen LogP contribution in [0.3, 0.4) is 0 Å². The molecule has 5 heteroatoms. The number of thiazole rings is 1. The van der Waals surface area contributed by atoms with Crippen molar-refractivity contribution < 1.29 is 0 Å². The molecule has 0 fully saturated rings. The Morgan fingerprint density at radius 3 is 2.78 bits per heavy atom. The van der Waals surface area contributed by atoms with Crippen LogP contribution in [0, 0.1) is 0 Å². The lowest BCUT2D eigenvalue weighted by Crippen LogP contribution is -2.27. The molecule has 0 saturated heterocycles. The van der Waals surface area contributed by atoms with Gasteiger partial charge in [-0.05, 0) is 26.8 Å². The number of nitrogens with one attached hydrogen (secondary N) is 2. The number of rotatable bonds is 5. The van der Waals surface area contributed by atoms with Crippen LogP contribution in [0.2, 0.25) is 0 Å². The van der Waals surface area contributed by atoms with Crippen LogP contribution in [0.15, 0.2) is 29.9 Å². The summed E-state index contributed by atoms with van der Waals surface area (Å²) < 4.78 is 0. The molecule has 96 valence electrons. The van der Waals surface area contributed by atoms with E-state index in [-0.39, 0.29) is 5.54 Å². The van der Waals surface area contributed by atoms with Crippen molar-refractivity contribution in [3.8, 4) is 0 Å². The van der Waals surface area contributed by atoms with Crippen LogP contribution in [0.5, 0.6) is 0 Å². The lowest BCUT2D eigenvalue weighted by atomic mass is 10.1. The molecule has 0 aliphatic heterocycles. The Kier molecular flexibility index (Phi) is 3.81. The van der Waals surface area contributed by atoms with Crippen LogP contribution < -0.4 is 10.6 Å². The topological polar surface area (TPSA) is 49.8 Å². The zero-order chi connectivity index (χ0) is 13.0. The molecular formula is C13H18N4S. The first-order valence-corrected chi connectivity index (χ1v) is 6.88. The van der Waals surface area contributed by atoms with Crippen LogP contribution in [0.1, 0.15) is 25.8 Å². The van der Waals surface area contributed by atoms with Gasteiger partial charge in [0.1, 0.15) is 10.8 Å². The van der Waals surface area contributed by atoms with Gasteiger partial charge in [0.2, 0.25) is 0 Å². The lowest BCUT2D eigenvalue weighted by Gasteiger charge is -2.25. The Hall–Kier alpha value is -1.62. The van der Waals surface area contributed by atoms with Gasteiger partial charge < -0.3 is 10.6 Å². The Labute approximate surface area is 111 Å². The largest absolute Gasteiger partial charge is 0.374 e. The Bertz CT molecular complexity index is 493. The number of aromatic nitrogens is 2. The highest BCUT2D eigenvalue weighted by atomic mass is 32.1. The van der Waals surface area contributed by atoms with Crippen LogP contribution in [0.25, 0.3) is 0 Å². The van der Waals surface area contributed by atoms with Crippen molar-refractivity contribution in [2.45, 2.75) is 26.3 Å². The summed E-state index contributed by atoms with van der Waals surface area (Å²) in [5.41, 5.74) is 0.861. The van der Waals surface area contributed by atoms with Gasteiger partial charge in [0.25, 0.3) is 0 Å². The number of hydrogen-bond donors (Lipinski definition) is 2. The molecule has 2 heterocycles.